The van der Waals surface area contributed by atoms with Gasteiger partial charge in [0.15, 0.2) is 34.5 Å². The summed E-state index contributed by atoms with van der Waals surface area (Å²) < 4.78 is 21.0. The van der Waals surface area contributed by atoms with Crippen LogP contribution < -0.4 is 18.9 Å². The Kier molecular flexibility index (Phi) is 23.8. The van der Waals surface area contributed by atoms with Gasteiger partial charge in [0, 0.05) is 44.4 Å². The van der Waals surface area contributed by atoms with Crippen molar-refractivity contribution in [2.45, 2.75) is 119 Å². The number of hydrogen-bond acceptors (Lipinski definition) is 10. The average Bonchev–Trinajstić information content (AvgIpc) is 3.17. The third-order valence-electron chi connectivity index (χ3n) is 8.77. The van der Waals surface area contributed by atoms with Gasteiger partial charge in [-0.3, -0.25) is 19.2 Å². The Labute approximate surface area is 356 Å². The molecular formula is C50H64O10. The van der Waals surface area contributed by atoms with E-state index in [0.29, 0.717) is 43.6 Å². The van der Waals surface area contributed by atoms with Crippen LogP contribution >= 0.6 is 0 Å². The molecule has 0 saturated heterocycles. The van der Waals surface area contributed by atoms with Crippen molar-refractivity contribution >= 4 is 23.9 Å². The third-order valence-corrected chi connectivity index (χ3v) is 8.77. The second kappa shape index (κ2) is 27.5. The molecule has 0 unspecified atom stereocenters. The van der Waals surface area contributed by atoms with Crippen molar-refractivity contribution in [1.29, 1.82) is 0 Å². The highest BCUT2D eigenvalue weighted by atomic mass is 16.6. The molecule has 3 aromatic rings. The third kappa shape index (κ3) is 16.2. The zero-order chi connectivity index (χ0) is 45.4. The number of carbonyl (C=O) groups is 4. The predicted molar refractivity (Wildman–Crippen MR) is 239 cm³/mol. The summed E-state index contributed by atoms with van der Waals surface area (Å²) in [6.45, 7) is 30.2. The van der Waals surface area contributed by atoms with Crippen LogP contribution in [0.5, 0.6) is 34.5 Å². The normalized spacial score (nSPS) is 10.1. The quantitative estimate of drug-likeness (QED) is 0.0488. The van der Waals surface area contributed by atoms with Gasteiger partial charge in [0.05, 0.1) is 0 Å². The average molecular weight is 825 g/mol. The van der Waals surface area contributed by atoms with Crippen LogP contribution in [0.2, 0.25) is 0 Å². The molecule has 0 bridgehead atoms. The number of phenols is 2. The van der Waals surface area contributed by atoms with Gasteiger partial charge < -0.3 is 29.2 Å². The Morgan fingerprint density at radius 1 is 0.483 bits per heavy atom. The Hall–Kier alpha value is -6.16. The van der Waals surface area contributed by atoms with Crippen molar-refractivity contribution in [3.8, 4) is 34.5 Å². The van der Waals surface area contributed by atoms with Crippen LogP contribution in [0, 0.1) is 0 Å². The molecule has 0 spiro atoms. The lowest BCUT2D eigenvalue weighted by Crippen LogP contribution is -2.12. The molecule has 0 atom stereocenters. The molecule has 3 aromatic carbocycles. The van der Waals surface area contributed by atoms with Gasteiger partial charge in [-0.1, -0.05) is 76.5 Å². The summed E-state index contributed by atoms with van der Waals surface area (Å²) in [4.78, 5) is 45.3. The molecule has 3 rings (SSSR count). The fraction of sp³-hybridized carbons (Fsp3) is 0.360. The van der Waals surface area contributed by atoms with Crippen LogP contribution in [0.4, 0.5) is 0 Å². The lowest BCUT2D eigenvalue weighted by molar-refractivity contribution is -0.134. The molecule has 0 heterocycles. The number of carbonyl (C=O) groups excluding carboxylic acids is 4. The minimum atomic E-state index is -0.462. The fourth-order valence-electron chi connectivity index (χ4n) is 6.60. The van der Waals surface area contributed by atoms with E-state index < -0.39 is 23.9 Å². The van der Waals surface area contributed by atoms with Gasteiger partial charge in [-0.2, -0.15) is 0 Å². The number of benzene rings is 3. The molecule has 0 radical (unpaired) electrons. The van der Waals surface area contributed by atoms with Gasteiger partial charge in [-0.25, -0.2) is 0 Å². The topological polar surface area (TPSA) is 146 Å². The summed E-state index contributed by atoms with van der Waals surface area (Å²) >= 11 is 0. The van der Waals surface area contributed by atoms with Gasteiger partial charge in [-0.05, 0) is 97.4 Å². The molecule has 0 aliphatic rings. The standard InChI is InChI=1S/C19H24O4.C16H20O4.C15H20O2/c1-6-9-15-12-18(22-13(4)20)19(23-14(5)21)17(11-8-3)16(15)10-7-2;1-5-7-13-9-10-15(19-11(3)17)16(20-12(4)18)14(13)8-6-2;1-4-7-11-10-14(16)15(17)13(9-6-3)12(11)8-5-2/h7-8,12H,2-3,6,9-11H2,1,4-5H3;6,9-10H,2,5,7-8H2,1,3-4H3;5-6,10,16-17H,2-4,7-9H2,1H3. The summed E-state index contributed by atoms with van der Waals surface area (Å²) in [5.74, 6) is -0.727. The molecule has 0 aliphatic carbocycles. The number of ether oxygens (including phenoxy) is 4. The van der Waals surface area contributed by atoms with Crippen molar-refractivity contribution < 1.29 is 48.3 Å². The fourth-order valence-corrected chi connectivity index (χ4v) is 6.60. The van der Waals surface area contributed by atoms with Gasteiger partial charge in [0.1, 0.15) is 0 Å². The van der Waals surface area contributed by atoms with Crippen molar-refractivity contribution in [3.05, 3.63) is 132 Å². The number of phenolic OH excluding ortho intramolecular Hbond substituents is 2. The zero-order valence-corrected chi connectivity index (χ0v) is 36.7. The smallest absolute Gasteiger partial charge is 0.308 e. The summed E-state index contributed by atoms with van der Waals surface area (Å²) in [6, 6.07) is 7.00. The van der Waals surface area contributed by atoms with Crippen molar-refractivity contribution in [2.75, 3.05) is 0 Å². The molecule has 60 heavy (non-hydrogen) atoms. The van der Waals surface area contributed by atoms with E-state index in [0.717, 1.165) is 83.0 Å². The summed E-state index contributed by atoms with van der Waals surface area (Å²) in [7, 11) is 0. The van der Waals surface area contributed by atoms with Crippen LogP contribution in [-0.2, 0) is 70.5 Å². The molecule has 10 heteroatoms. The van der Waals surface area contributed by atoms with E-state index in [1.54, 1.807) is 36.4 Å². The summed E-state index contributed by atoms with van der Waals surface area (Å²) in [6.07, 6.45) is 17.3. The van der Waals surface area contributed by atoms with E-state index in [1.165, 1.54) is 27.7 Å². The molecular weight excluding hydrogens is 761 g/mol. The van der Waals surface area contributed by atoms with Crippen molar-refractivity contribution in [1.82, 2.24) is 0 Å². The minimum absolute atomic E-state index is 0.0263. The van der Waals surface area contributed by atoms with Gasteiger partial charge in [-0.15, -0.1) is 32.9 Å². The van der Waals surface area contributed by atoms with Crippen LogP contribution in [-0.4, -0.2) is 34.1 Å². The molecule has 0 amide bonds. The van der Waals surface area contributed by atoms with E-state index in [9.17, 15) is 29.4 Å². The van der Waals surface area contributed by atoms with Gasteiger partial charge in [0.25, 0.3) is 0 Å². The summed E-state index contributed by atoms with van der Waals surface area (Å²) in [5, 5.41) is 19.6. The van der Waals surface area contributed by atoms with Crippen molar-refractivity contribution in [3.63, 3.8) is 0 Å². The summed E-state index contributed by atoms with van der Waals surface area (Å²) in [5.41, 5.74) is 7.76. The first-order valence-corrected chi connectivity index (χ1v) is 20.2. The molecule has 324 valence electrons. The van der Waals surface area contributed by atoms with E-state index in [2.05, 4.69) is 53.7 Å². The van der Waals surface area contributed by atoms with Crippen LogP contribution in [0.3, 0.4) is 0 Å². The van der Waals surface area contributed by atoms with Crippen LogP contribution in [0.1, 0.15) is 112 Å². The Morgan fingerprint density at radius 3 is 1.30 bits per heavy atom. The number of aryl methyl sites for hydroxylation is 3. The lowest BCUT2D eigenvalue weighted by atomic mass is 9.92. The van der Waals surface area contributed by atoms with Crippen LogP contribution in [0.25, 0.3) is 0 Å². The second-order valence-corrected chi connectivity index (χ2v) is 13.8. The molecule has 0 aliphatic heterocycles. The number of rotatable bonds is 20. The first-order valence-electron chi connectivity index (χ1n) is 20.2. The molecule has 2 N–H and O–H groups in total. The monoisotopic (exact) mass is 824 g/mol. The van der Waals surface area contributed by atoms with Crippen molar-refractivity contribution in [2.24, 2.45) is 0 Å². The predicted octanol–water partition coefficient (Wildman–Crippen LogP) is 10.7. The largest absolute Gasteiger partial charge is 0.504 e. The number of esters is 4. The number of allylic oxidation sites excluding steroid dienone is 5. The maximum absolute atomic E-state index is 11.5. The van der Waals surface area contributed by atoms with Gasteiger partial charge in [0.2, 0.25) is 0 Å². The van der Waals surface area contributed by atoms with E-state index in [-0.39, 0.29) is 23.0 Å². The first-order chi connectivity index (χ1) is 28.6. The highest BCUT2D eigenvalue weighted by molar-refractivity contribution is 5.76. The number of aromatic hydroxyl groups is 2. The highest BCUT2D eigenvalue weighted by Crippen LogP contribution is 2.39. The Bertz CT molecular complexity index is 2000. The highest BCUT2D eigenvalue weighted by Gasteiger charge is 2.22. The lowest BCUT2D eigenvalue weighted by Gasteiger charge is -2.20. The molecule has 10 nitrogen and oxygen atoms in total. The van der Waals surface area contributed by atoms with E-state index >= 15 is 0 Å². The zero-order valence-electron chi connectivity index (χ0n) is 36.7. The second-order valence-electron chi connectivity index (χ2n) is 13.8. The maximum Gasteiger partial charge on any atom is 0.308 e. The molecule has 0 saturated carbocycles. The minimum Gasteiger partial charge on any atom is -0.504 e. The van der Waals surface area contributed by atoms with E-state index in [4.69, 9.17) is 18.9 Å². The first kappa shape index (κ1) is 51.9. The Balaban J connectivity index is 0.000000455. The van der Waals surface area contributed by atoms with Gasteiger partial charge >= 0.3 is 23.9 Å². The number of hydrogen-bond donors (Lipinski definition) is 2. The Morgan fingerprint density at radius 2 is 0.850 bits per heavy atom. The SMILES string of the molecule is C=CCc1c(CCC)cc(O)c(O)c1CC=C.C=CCc1c(CCC)cc(OC(C)=O)c(OC(C)=O)c1CC=C.C=CCc1c(CCC)ccc(OC(C)=O)c1OC(C)=O. The molecule has 0 fully saturated rings. The van der Waals surface area contributed by atoms with Crippen LogP contribution in [0.15, 0.2) is 87.5 Å². The maximum atomic E-state index is 11.5. The molecule has 0 aromatic heterocycles. The van der Waals surface area contributed by atoms with E-state index in [1.807, 2.05) is 18.2 Å².